The predicted octanol–water partition coefficient (Wildman–Crippen LogP) is 4.42. The highest BCUT2D eigenvalue weighted by Gasteiger charge is 2.29. The second-order valence-electron chi connectivity index (χ2n) is 15.2. The summed E-state index contributed by atoms with van der Waals surface area (Å²) in [5.74, 6) is 0.679. The van der Waals surface area contributed by atoms with E-state index in [0.29, 0.717) is 5.92 Å². The van der Waals surface area contributed by atoms with Crippen molar-refractivity contribution in [1.82, 2.24) is 0 Å². The SMILES string of the molecule is C[NH+](C)CCC[Si](C)(C)CCC[Si](C)(CCCC[NH2+]CC1C=CC=C1)CCC[Si](C)(C)CCC[NH+](C)C. The summed E-state index contributed by atoms with van der Waals surface area (Å²) in [5.41, 5.74) is 0. The van der Waals surface area contributed by atoms with Crippen molar-refractivity contribution >= 4 is 24.2 Å². The molecule has 0 spiro atoms. The topological polar surface area (TPSA) is 25.5 Å². The van der Waals surface area contributed by atoms with Crippen LogP contribution in [0.4, 0.5) is 0 Å². The molecule has 1 rings (SSSR count). The molecular weight excluding hydrogens is 499 g/mol. The Morgan fingerprint density at radius 3 is 1.46 bits per heavy atom. The Morgan fingerprint density at radius 2 is 1.00 bits per heavy atom. The standard InChI is InChI=1S/C31H67N3Si3/c1-33(2)21-14-23-35(5,6)25-16-28-37(9,27-13-12-20-32-30-31-18-10-11-19-31)29-17-26-36(7,8)24-15-22-34(3)4/h10-11,18-19,31-32H,12-17,20-30H2,1-9H3/p+3. The average molecular weight is 569 g/mol. The lowest BCUT2D eigenvalue weighted by atomic mass is 10.2. The summed E-state index contributed by atoms with van der Waals surface area (Å²) in [6, 6.07) is 11.0. The van der Waals surface area contributed by atoms with Crippen LogP contribution in [0.2, 0.25) is 75.0 Å². The predicted molar refractivity (Wildman–Crippen MR) is 177 cm³/mol. The van der Waals surface area contributed by atoms with Crippen molar-refractivity contribution in [2.45, 2.75) is 114 Å². The second-order valence-corrected chi connectivity index (χ2v) is 30.9. The molecule has 0 aromatic carbocycles. The third-order valence-corrected chi connectivity index (χ3v) is 20.5. The molecule has 218 valence electrons. The molecule has 0 bridgehead atoms. The number of unbranched alkanes of at least 4 members (excludes halogenated alkanes) is 1. The molecule has 4 N–H and O–H groups in total. The van der Waals surface area contributed by atoms with Gasteiger partial charge in [0.2, 0.25) is 0 Å². The van der Waals surface area contributed by atoms with E-state index >= 15 is 0 Å². The molecule has 37 heavy (non-hydrogen) atoms. The van der Waals surface area contributed by atoms with E-state index in [4.69, 9.17) is 0 Å². The third-order valence-electron chi connectivity index (χ3n) is 9.03. The van der Waals surface area contributed by atoms with Gasteiger partial charge in [-0.05, 0) is 19.3 Å². The molecule has 0 unspecified atom stereocenters. The zero-order valence-electron chi connectivity index (χ0n) is 27.0. The molecule has 6 heteroatoms. The molecule has 0 saturated heterocycles. The minimum absolute atomic E-state index is 0.679. The van der Waals surface area contributed by atoms with Gasteiger partial charge in [-0.2, -0.15) is 0 Å². The van der Waals surface area contributed by atoms with Crippen molar-refractivity contribution in [3.8, 4) is 0 Å². The molecule has 3 nitrogen and oxygen atoms in total. The Hall–Kier alpha value is 0.0106. The van der Waals surface area contributed by atoms with E-state index in [1.807, 2.05) is 0 Å². The lowest BCUT2D eigenvalue weighted by Gasteiger charge is -2.31. The summed E-state index contributed by atoms with van der Waals surface area (Å²) in [6.45, 7) is 18.8. The first kappa shape index (κ1) is 35.0. The van der Waals surface area contributed by atoms with Crippen LogP contribution in [0.25, 0.3) is 0 Å². The van der Waals surface area contributed by atoms with E-state index in [1.54, 1.807) is 40.0 Å². The fraction of sp³-hybridized carbons (Fsp3) is 0.871. The Morgan fingerprint density at radius 1 is 0.568 bits per heavy atom. The summed E-state index contributed by atoms with van der Waals surface area (Å²) in [5, 5.41) is 2.57. The smallest absolute Gasteiger partial charge is 0.0854 e. The molecule has 0 saturated carbocycles. The minimum Gasteiger partial charge on any atom is -0.346 e. The molecule has 0 aliphatic heterocycles. The maximum absolute atomic E-state index is 2.80. The molecule has 0 amide bonds. The largest absolute Gasteiger partial charge is 0.346 e. The molecule has 1 aliphatic carbocycles. The van der Waals surface area contributed by atoms with Crippen molar-refractivity contribution in [2.24, 2.45) is 5.92 Å². The number of allylic oxidation sites excluding steroid dienone is 2. The highest BCUT2D eigenvalue weighted by molar-refractivity contribution is 6.80. The lowest BCUT2D eigenvalue weighted by Crippen LogP contribution is -3.05. The van der Waals surface area contributed by atoms with Crippen LogP contribution in [0, 0.1) is 5.92 Å². The van der Waals surface area contributed by atoms with Crippen molar-refractivity contribution in [3.63, 3.8) is 0 Å². The van der Waals surface area contributed by atoms with Crippen molar-refractivity contribution in [1.29, 1.82) is 0 Å². The second kappa shape index (κ2) is 18.4. The lowest BCUT2D eigenvalue weighted by molar-refractivity contribution is -0.858. The van der Waals surface area contributed by atoms with Crippen LogP contribution in [-0.2, 0) is 0 Å². The van der Waals surface area contributed by atoms with Gasteiger partial charge in [0.05, 0.1) is 62.4 Å². The number of rotatable bonds is 23. The molecule has 0 atom stereocenters. The number of quaternary nitrogens is 3. The molecule has 0 aromatic heterocycles. The van der Waals surface area contributed by atoms with E-state index in [0.717, 1.165) is 0 Å². The van der Waals surface area contributed by atoms with E-state index in [2.05, 4.69) is 90.5 Å². The first-order chi connectivity index (χ1) is 17.3. The molecule has 0 radical (unpaired) electrons. The van der Waals surface area contributed by atoms with Gasteiger partial charge in [0.15, 0.2) is 0 Å². The van der Waals surface area contributed by atoms with Gasteiger partial charge in [-0.1, -0.05) is 119 Å². The van der Waals surface area contributed by atoms with Crippen LogP contribution in [0.1, 0.15) is 38.5 Å². The van der Waals surface area contributed by atoms with Gasteiger partial charge in [-0.25, -0.2) is 0 Å². The van der Waals surface area contributed by atoms with E-state index in [-0.39, 0.29) is 0 Å². The number of hydrogen-bond acceptors (Lipinski definition) is 0. The maximum Gasteiger partial charge on any atom is 0.0854 e. The normalized spacial score (nSPS) is 15.1. The Balaban J connectivity index is 2.49. The van der Waals surface area contributed by atoms with Crippen LogP contribution in [0.15, 0.2) is 24.3 Å². The van der Waals surface area contributed by atoms with E-state index in [9.17, 15) is 0 Å². The molecular formula is C31H70N3Si3+3. The van der Waals surface area contributed by atoms with Gasteiger partial charge in [-0.3, -0.25) is 0 Å². The fourth-order valence-corrected chi connectivity index (χ4v) is 15.9. The van der Waals surface area contributed by atoms with Crippen LogP contribution in [0.5, 0.6) is 0 Å². The van der Waals surface area contributed by atoms with E-state index < -0.39 is 24.2 Å². The zero-order valence-corrected chi connectivity index (χ0v) is 30.0. The average Bonchev–Trinajstić information content (AvgIpc) is 3.28. The first-order valence-corrected chi connectivity index (χ1v) is 26.0. The summed E-state index contributed by atoms with van der Waals surface area (Å²) in [6.07, 6.45) is 18.0. The van der Waals surface area contributed by atoms with Gasteiger partial charge in [0.1, 0.15) is 0 Å². The number of nitrogens with two attached hydrogens (primary N) is 1. The van der Waals surface area contributed by atoms with Crippen molar-refractivity contribution in [3.05, 3.63) is 24.3 Å². The van der Waals surface area contributed by atoms with Crippen LogP contribution in [-0.4, -0.2) is 78.6 Å². The van der Waals surface area contributed by atoms with Gasteiger partial charge in [0, 0.05) is 22.1 Å². The summed E-state index contributed by atoms with van der Waals surface area (Å²) < 4.78 is 0. The van der Waals surface area contributed by atoms with Gasteiger partial charge in [0.25, 0.3) is 0 Å². The minimum atomic E-state index is -1.13. The maximum atomic E-state index is 2.80. The van der Waals surface area contributed by atoms with Crippen molar-refractivity contribution < 1.29 is 15.1 Å². The third kappa shape index (κ3) is 18.8. The van der Waals surface area contributed by atoms with Crippen LogP contribution < -0.4 is 15.1 Å². The first-order valence-electron chi connectivity index (χ1n) is 16.1. The quantitative estimate of drug-likeness (QED) is 0.120. The van der Waals surface area contributed by atoms with Crippen LogP contribution in [0.3, 0.4) is 0 Å². The fourth-order valence-electron chi connectivity index (χ4n) is 6.24. The number of hydrogen-bond donors (Lipinski definition) is 3. The van der Waals surface area contributed by atoms with Gasteiger partial charge >= 0.3 is 0 Å². The summed E-state index contributed by atoms with van der Waals surface area (Å²) in [4.78, 5) is 3.24. The summed E-state index contributed by atoms with van der Waals surface area (Å²) in [7, 11) is 6.05. The highest BCUT2D eigenvalue weighted by atomic mass is 28.3. The van der Waals surface area contributed by atoms with Gasteiger partial charge in [-0.15, -0.1) is 0 Å². The Bertz CT molecular complexity index is 600. The highest BCUT2D eigenvalue weighted by Crippen LogP contribution is 2.32. The Kier molecular flexibility index (Phi) is 17.4. The molecule has 0 fully saturated rings. The monoisotopic (exact) mass is 568 g/mol. The van der Waals surface area contributed by atoms with Crippen LogP contribution >= 0.6 is 0 Å². The van der Waals surface area contributed by atoms with Gasteiger partial charge < -0.3 is 15.1 Å². The van der Waals surface area contributed by atoms with E-state index in [1.165, 1.54) is 76.8 Å². The molecule has 0 aromatic rings. The zero-order chi connectivity index (χ0) is 27.8. The molecule has 0 heterocycles. The molecule has 1 aliphatic rings. The van der Waals surface area contributed by atoms with Crippen molar-refractivity contribution in [2.75, 3.05) is 54.4 Å². The summed E-state index contributed by atoms with van der Waals surface area (Å²) >= 11 is 0. The number of nitrogens with one attached hydrogen (secondary N) is 2. The Labute approximate surface area is 237 Å².